The maximum absolute atomic E-state index is 12.7. The lowest BCUT2D eigenvalue weighted by Crippen LogP contribution is -2.38. The average Bonchev–Trinajstić information content (AvgIpc) is 2.90. The van der Waals surface area contributed by atoms with E-state index in [2.05, 4.69) is 6.07 Å². The van der Waals surface area contributed by atoms with Gasteiger partial charge in [0.25, 0.3) is 0 Å². The van der Waals surface area contributed by atoms with E-state index in [1.807, 2.05) is 66.1 Å². The van der Waals surface area contributed by atoms with Gasteiger partial charge in [0.05, 0.1) is 12.8 Å². The fourth-order valence-electron chi connectivity index (χ4n) is 3.52. The standard InChI is InChI=1S/C23H28N2O2/c1-18-7-9-20(10-8-18)16-22(26)24-11-4-12-25(14-13-24)23(27)17-21-6-3-5-19(2)15-21/h3,5-10,15H,4,11-14,16-17H2,1-2H3. The van der Waals surface area contributed by atoms with Gasteiger partial charge >= 0.3 is 0 Å². The molecule has 1 saturated heterocycles. The van der Waals surface area contributed by atoms with Crippen molar-refractivity contribution in [2.24, 2.45) is 0 Å². The van der Waals surface area contributed by atoms with Crippen LogP contribution in [0.4, 0.5) is 0 Å². The van der Waals surface area contributed by atoms with Gasteiger partial charge in [-0.05, 0) is 31.4 Å². The topological polar surface area (TPSA) is 40.6 Å². The monoisotopic (exact) mass is 364 g/mol. The molecule has 1 fully saturated rings. The summed E-state index contributed by atoms with van der Waals surface area (Å²) in [4.78, 5) is 29.1. The third-order valence-electron chi connectivity index (χ3n) is 5.12. The second-order valence-corrected chi connectivity index (χ2v) is 7.44. The van der Waals surface area contributed by atoms with Crippen LogP contribution in [0.5, 0.6) is 0 Å². The fourth-order valence-corrected chi connectivity index (χ4v) is 3.52. The first kappa shape index (κ1) is 19.2. The van der Waals surface area contributed by atoms with Crippen LogP contribution in [0.25, 0.3) is 0 Å². The molecule has 3 rings (SSSR count). The highest BCUT2D eigenvalue weighted by atomic mass is 16.2. The van der Waals surface area contributed by atoms with Crippen LogP contribution in [0.3, 0.4) is 0 Å². The second kappa shape index (κ2) is 8.85. The van der Waals surface area contributed by atoms with E-state index in [1.54, 1.807) is 0 Å². The summed E-state index contributed by atoms with van der Waals surface area (Å²) in [6, 6.07) is 16.2. The van der Waals surface area contributed by atoms with Gasteiger partial charge in [-0.1, -0.05) is 59.7 Å². The first-order chi connectivity index (χ1) is 13.0. The van der Waals surface area contributed by atoms with E-state index in [4.69, 9.17) is 0 Å². The van der Waals surface area contributed by atoms with E-state index < -0.39 is 0 Å². The van der Waals surface area contributed by atoms with Gasteiger partial charge in [0.15, 0.2) is 0 Å². The van der Waals surface area contributed by atoms with Crippen molar-refractivity contribution < 1.29 is 9.59 Å². The third kappa shape index (κ3) is 5.43. The Labute approximate surface area is 161 Å². The molecule has 4 heteroatoms. The number of nitrogens with zero attached hydrogens (tertiary/aromatic N) is 2. The summed E-state index contributed by atoms with van der Waals surface area (Å²) in [5.41, 5.74) is 4.46. The van der Waals surface area contributed by atoms with Crippen LogP contribution >= 0.6 is 0 Å². The Morgan fingerprint density at radius 3 is 1.93 bits per heavy atom. The zero-order valence-electron chi connectivity index (χ0n) is 16.3. The Morgan fingerprint density at radius 2 is 1.33 bits per heavy atom. The number of carbonyl (C=O) groups excluding carboxylic acids is 2. The number of amides is 2. The second-order valence-electron chi connectivity index (χ2n) is 7.44. The summed E-state index contributed by atoms with van der Waals surface area (Å²) in [5.74, 6) is 0.292. The van der Waals surface area contributed by atoms with Gasteiger partial charge in [0, 0.05) is 26.2 Å². The molecule has 0 spiro atoms. The molecule has 0 N–H and O–H groups in total. The number of benzene rings is 2. The normalized spacial score (nSPS) is 14.7. The van der Waals surface area contributed by atoms with Crippen LogP contribution in [-0.2, 0) is 22.4 Å². The van der Waals surface area contributed by atoms with Crippen molar-refractivity contribution in [2.75, 3.05) is 26.2 Å². The van der Waals surface area contributed by atoms with Gasteiger partial charge in [-0.3, -0.25) is 9.59 Å². The third-order valence-corrected chi connectivity index (χ3v) is 5.12. The van der Waals surface area contributed by atoms with Crippen molar-refractivity contribution in [1.82, 2.24) is 9.80 Å². The van der Waals surface area contributed by atoms with Gasteiger partial charge in [-0.2, -0.15) is 0 Å². The van der Waals surface area contributed by atoms with Crippen molar-refractivity contribution in [1.29, 1.82) is 0 Å². The SMILES string of the molecule is Cc1ccc(CC(=O)N2CCCN(C(=O)Cc3cccc(C)c3)CC2)cc1. The van der Waals surface area contributed by atoms with E-state index in [1.165, 1.54) is 11.1 Å². The molecule has 0 unspecified atom stereocenters. The average molecular weight is 364 g/mol. The van der Waals surface area contributed by atoms with E-state index in [-0.39, 0.29) is 11.8 Å². The van der Waals surface area contributed by atoms with Gasteiger partial charge < -0.3 is 9.80 Å². The molecular weight excluding hydrogens is 336 g/mol. The lowest BCUT2D eigenvalue weighted by Gasteiger charge is -2.22. The first-order valence-electron chi connectivity index (χ1n) is 9.68. The van der Waals surface area contributed by atoms with Crippen LogP contribution in [0.1, 0.15) is 28.7 Å². The summed E-state index contributed by atoms with van der Waals surface area (Å²) in [7, 11) is 0. The molecule has 0 aliphatic carbocycles. The molecule has 2 amide bonds. The zero-order valence-corrected chi connectivity index (χ0v) is 16.3. The molecule has 1 heterocycles. The summed E-state index contributed by atoms with van der Waals surface area (Å²) in [6.45, 7) is 6.76. The molecule has 4 nitrogen and oxygen atoms in total. The molecular formula is C23H28N2O2. The Balaban J connectivity index is 1.54. The van der Waals surface area contributed by atoms with Crippen LogP contribution in [0.2, 0.25) is 0 Å². The Hall–Kier alpha value is -2.62. The number of aryl methyl sites for hydroxylation is 2. The van der Waals surface area contributed by atoms with Crippen LogP contribution in [0, 0.1) is 13.8 Å². The highest BCUT2D eigenvalue weighted by Crippen LogP contribution is 2.11. The van der Waals surface area contributed by atoms with Gasteiger partial charge in [0.2, 0.25) is 11.8 Å². The number of hydrogen-bond donors (Lipinski definition) is 0. The first-order valence-corrected chi connectivity index (χ1v) is 9.68. The molecule has 0 bridgehead atoms. The van der Waals surface area contributed by atoms with Crippen molar-refractivity contribution >= 4 is 11.8 Å². The maximum atomic E-state index is 12.7. The van der Waals surface area contributed by atoms with Crippen LogP contribution in [-0.4, -0.2) is 47.8 Å². The molecule has 1 aliphatic heterocycles. The summed E-state index contributed by atoms with van der Waals surface area (Å²) < 4.78 is 0. The minimum atomic E-state index is 0.145. The summed E-state index contributed by atoms with van der Waals surface area (Å²) in [6.07, 6.45) is 1.69. The lowest BCUT2D eigenvalue weighted by atomic mass is 10.1. The van der Waals surface area contributed by atoms with E-state index >= 15 is 0 Å². The fraction of sp³-hybridized carbons (Fsp3) is 0.391. The van der Waals surface area contributed by atoms with Crippen molar-refractivity contribution in [3.63, 3.8) is 0 Å². The minimum absolute atomic E-state index is 0.145. The molecule has 0 radical (unpaired) electrons. The highest BCUT2D eigenvalue weighted by Gasteiger charge is 2.22. The quantitative estimate of drug-likeness (QED) is 0.836. The lowest BCUT2D eigenvalue weighted by molar-refractivity contribution is -0.132. The van der Waals surface area contributed by atoms with Gasteiger partial charge in [-0.15, -0.1) is 0 Å². The molecule has 142 valence electrons. The number of rotatable bonds is 4. The molecule has 0 saturated carbocycles. The molecule has 2 aromatic carbocycles. The molecule has 27 heavy (non-hydrogen) atoms. The van der Waals surface area contributed by atoms with Crippen molar-refractivity contribution in [2.45, 2.75) is 33.1 Å². The predicted octanol–water partition coefficient (Wildman–Crippen LogP) is 3.15. The largest absolute Gasteiger partial charge is 0.341 e. The predicted molar refractivity (Wildman–Crippen MR) is 108 cm³/mol. The smallest absolute Gasteiger partial charge is 0.227 e. The zero-order chi connectivity index (χ0) is 19.2. The van der Waals surface area contributed by atoms with Crippen molar-refractivity contribution in [3.8, 4) is 0 Å². The van der Waals surface area contributed by atoms with Crippen molar-refractivity contribution in [3.05, 3.63) is 70.8 Å². The highest BCUT2D eigenvalue weighted by molar-refractivity contribution is 5.80. The summed E-state index contributed by atoms with van der Waals surface area (Å²) in [5, 5.41) is 0. The molecule has 1 aliphatic rings. The maximum Gasteiger partial charge on any atom is 0.227 e. The Kier molecular flexibility index (Phi) is 6.28. The molecule has 2 aromatic rings. The Bertz CT molecular complexity index is 798. The summed E-state index contributed by atoms with van der Waals surface area (Å²) >= 11 is 0. The number of hydrogen-bond acceptors (Lipinski definition) is 2. The van der Waals surface area contributed by atoms with E-state index in [0.29, 0.717) is 25.9 Å². The van der Waals surface area contributed by atoms with E-state index in [9.17, 15) is 9.59 Å². The van der Waals surface area contributed by atoms with Gasteiger partial charge in [-0.25, -0.2) is 0 Å². The van der Waals surface area contributed by atoms with Crippen LogP contribution in [0.15, 0.2) is 48.5 Å². The number of carbonyl (C=O) groups is 2. The van der Waals surface area contributed by atoms with Gasteiger partial charge in [0.1, 0.15) is 0 Å². The van der Waals surface area contributed by atoms with Crippen LogP contribution < -0.4 is 0 Å². The molecule has 0 aromatic heterocycles. The van der Waals surface area contributed by atoms with E-state index in [0.717, 1.165) is 30.6 Å². The molecule has 0 atom stereocenters. The Morgan fingerprint density at radius 1 is 0.741 bits per heavy atom. The minimum Gasteiger partial charge on any atom is -0.341 e.